The minimum absolute atomic E-state index is 0.0236. The summed E-state index contributed by atoms with van der Waals surface area (Å²) in [5, 5.41) is 14.7. The predicted octanol–water partition coefficient (Wildman–Crippen LogP) is 2.16. The lowest BCUT2D eigenvalue weighted by Gasteiger charge is -2.28. The Balaban J connectivity index is 2.01. The summed E-state index contributed by atoms with van der Waals surface area (Å²) >= 11 is 0. The summed E-state index contributed by atoms with van der Waals surface area (Å²) in [6, 6.07) is -0.703. The number of carbonyl (C=O) groups is 3. The Labute approximate surface area is 183 Å². The number of hydrogen-bond acceptors (Lipinski definition) is 5. The smallest absolute Gasteiger partial charge is 0.246 e. The number of amides is 3. The molecule has 2 bridgehead atoms. The molecule has 3 aliphatic rings. The number of rotatable bonds is 8. The van der Waals surface area contributed by atoms with Gasteiger partial charge in [-0.2, -0.15) is 0 Å². The van der Waals surface area contributed by atoms with Crippen molar-refractivity contribution in [3.8, 4) is 0 Å². The van der Waals surface area contributed by atoms with E-state index >= 15 is 0 Å². The van der Waals surface area contributed by atoms with Gasteiger partial charge in [-0.3, -0.25) is 24.0 Å². The zero-order valence-corrected chi connectivity index (χ0v) is 18.1. The fourth-order valence-corrected chi connectivity index (χ4v) is 4.09. The number of hydroxylamine groups is 1. The van der Waals surface area contributed by atoms with Crippen LogP contribution < -0.4 is 16.1 Å². The Morgan fingerprint density at radius 1 is 1.13 bits per heavy atom. The maximum atomic E-state index is 12.8. The second-order valence-corrected chi connectivity index (χ2v) is 8.40. The molecule has 3 rings (SSSR count). The average molecular weight is 442 g/mol. The van der Waals surface area contributed by atoms with Gasteiger partial charge in [-0.05, 0) is 50.9 Å². The monoisotopic (exact) mass is 441 g/mol. The summed E-state index contributed by atoms with van der Waals surface area (Å²) in [4.78, 5) is 37.3. The van der Waals surface area contributed by atoms with Crippen LogP contribution in [0.3, 0.4) is 0 Å². The van der Waals surface area contributed by atoms with Crippen molar-refractivity contribution in [2.45, 2.75) is 76.4 Å². The molecule has 1 saturated heterocycles. The Hall–Kier alpha value is -2.00. The van der Waals surface area contributed by atoms with Crippen LogP contribution >= 0.6 is 0 Å². The summed E-state index contributed by atoms with van der Waals surface area (Å²) in [7, 11) is 0. The van der Waals surface area contributed by atoms with Crippen molar-refractivity contribution in [3.63, 3.8) is 0 Å². The first-order valence-electron chi connectivity index (χ1n) is 11.4. The molecule has 0 radical (unpaired) electrons. The average Bonchev–Trinajstić information content (AvgIpc) is 2.77. The van der Waals surface area contributed by atoms with Gasteiger partial charge in [0.15, 0.2) is 0 Å². The zero-order valence-electron chi connectivity index (χ0n) is 18.1. The summed E-state index contributed by atoms with van der Waals surface area (Å²) in [5.41, 5.74) is 1.63. The molecule has 1 aliphatic carbocycles. The molecule has 0 saturated carbocycles. The van der Waals surface area contributed by atoms with Gasteiger partial charge in [0, 0.05) is 25.5 Å². The first kappa shape index (κ1) is 25.3. The van der Waals surface area contributed by atoms with E-state index in [1.807, 2.05) is 6.08 Å². The number of allylic oxidation sites excluding steroid dienone is 1. The lowest BCUT2D eigenvalue weighted by atomic mass is 9.88. The molecule has 1 fully saturated rings. The first-order valence-corrected chi connectivity index (χ1v) is 11.4. The van der Waals surface area contributed by atoms with E-state index in [0.717, 1.165) is 32.1 Å². The van der Waals surface area contributed by atoms with E-state index in [4.69, 9.17) is 9.94 Å². The third-order valence-corrected chi connectivity index (χ3v) is 5.91. The number of nitrogens with one attached hydrogen (secondary N) is 3. The van der Waals surface area contributed by atoms with E-state index in [-0.39, 0.29) is 31.0 Å². The summed E-state index contributed by atoms with van der Waals surface area (Å²) < 4.78 is 18.0. The highest BCUT2D eigenvalue weighted by molar-refractivity contribution is 5.90. The Bertz CT molecular complexity index is 616. The van der Waals surface area contributed by atoms with Gasteiger partial charge in [0.25, 0.3) is 0 Å². The minimum atomic E-state index is -0.703. The number of unbranched alkanes of at least 4 members (excludes halogenated alkanes) is 3. The van der Waals surface area contributed by atoms with E-state index in [2.05, 4.69) is 16.7 Å². The molecule has 0 aromatic rings. The molecule has 0 spiro atoms. The second kappa shape index (κ2) is 14.1. The van der Waals surface area contributed by atoms with Crippen LogP contribution in [0.25, 0.3) is 0 Å². The van der Waals surface area contributed by atoms with Gasteiger partial charge in [-0.1, -0.05) is 25.0 Å². The van der Waals surface area contributed by atoms with Gasteiger partial charge >= 0.3 is 0 Å². The van der Waals surface area contributed by atoms with Crippen molar-refractivity contribution < 1.29 is 28.7 Å². The molecule has 2 unspecified atom stereocenters. The third kappa shape index (κ3) is 9.35. The standard InChI is InChI=1S/C22H36FN3O5/c23-11-3-1-2-4-12-24-22(29)19-14-16-7-9-18(10-8-16)31-13-5-6-17(21(28)26-30)15-20(27)25-19/h7,9,16-19,30H,1-6,8,10-15H2,(H,24,29)(H,25,27)(H,26,28)/t16?,17-,18?,19-/m0/s1. The van der Waals surface area contributed by atoms with Crippen LogP contribution in [0.1, 0.15) is 64.2 Å². The fourth-order valence-electron chi connectivity index (χ4n) is 4.09. The topological polar surface area (TPSA) is 117 Å². The minimum Gasteiger partial charge on any atom is -0.374 e. The van der Waals surface area contributed by atoms with Crippen molar-refractivity contribution in [1.29, 1.82) is 0 Å². The number of halogens is 1. The number of alkyl halides is 1. The number of carbonyl (C=O) groups excluding carboxylic acids is 3. The molecule has 4 atom stereocenters. The van der Waals surface area contributed by atoms with E-state index in [0.29, 0.717) is 38.8 Å². The zero-order chi connectivity index (χ0) is 22.5. The molecule has 9 heteroatoms. The molecule has 4 N–H and O–H groups in total. The van der Waals surface area contributed by atoms with Gasteiger partial charge < -0.3 is 15.4 Å². The van der Waals surface area contributed by atoms with Crippen molar-refractivity contribution >= 4 is 17.7 Å². The number of fused-ring (bicyclic) bond motifs is 10. The first-order chi connectivity index (χ1) is 15.0. The number of hydrogen-bond donors (Lipinski definition) is 4. The van der Waals surface area contributed by atoms with Crippen LogP contribution in [0.5, 0.6) is 0 Å². The lowest BCUT2D eigenvalue weighted by Crippen LogP contribution is -2.48. The molecule has 8 nitrogen and oxygen atoms in total. The van der Waals surface area contributed by atoms with E-state index in [1.54, 1.807) is 5.48 Å². The van der Waals surface area contributed by atoms with E-state index in [1.165, 1.54) is 0 Å². The molecule has 2 heterocycles. The number of ether oxygens (including phenoxy) is 1. The van der Waals surface area contributed by atoms with Crippen LogP contribution in [-0.2, 0) is 19.1 Å². The molecule has 0 aromatic heterocycles. The third-order valence-electron chi connectivity index (χ3n) is 5.91. The molecule has 2 aliphatic heterocycles. The summed E-state index contributed by atoms with van der Waals surface area (Å²) in [6.45, 7) is 0.632. The van der Waals surface area contributed by atoms with Crippen LogP contribution in [0.2, 0.25) is 0 Å². The van der Waals surface area contributed by atoms with Crippen molar-refractivity contribution in [2.75, 3.05) is 19.8 Å². The van der Waals surface area contributed by atoms with Crippen molar-refractivity contribution in [2.24, 2.45) is 11.8 Å². The molecule has 3 amide bonds. The molecule has 0 aromatic carbocycles. The molecule has 31 heavy (non-hydrogen) atoms. The molecular formula is C22H36FN3O5. The Morgan fingerprint density at radius 3 is 2.65 bits per heavy atom. The normalized spacial score (nSPS) is 27.2. The van der Waals surface area contributed by atoms with Crippen LogP contribution in [0.4, 0.5) is 4.39 Å². The molecule has 176 valence electrons. The highest BCUT2D eigenvalue weighted by Crippen LogP contribution is 2.25. The Morgan fingerprint density at radius 2 is 1.94 bits per heavy atom. The molecular weight excluding hydrogens is 405 g/mol. The van der Waals surface area contributed by atoms with Gasteiger partial charge in [0.2, 0.25) is 17.7 Å². The Kier molecular flexibility index (Phi) is 11.5. The van der Waals surface area contributed by atoms with Crippen LogP contribution in [0, 0.1) is 11.8 Å². The van der Waals surface area contributed by atoms with Crippen LogP contribution in [-0.4, -0.2) is 54.9 Å². The maximum Gasteiger partial charge on any atom is 0.246 e. The fraction of sp³-hybridized carbons (Fsp3) is 0.773. The maximum absolute atomic E-state index is 12.8. The van der Waals surface area contributed by atoms with Crippen LogP contribution in [0.15, 0.2) is 12.2 Å². The van der Waals surface area contributed by atoms with Crippen molar-refractivity contribution in [1.82, 2.24) is 16.1 Å². The highest BCUT2D eigenvalue weighted by Gasteiger charge is 2.29. The quantitative estimate of drug-likeness (QED) is 0.199. The van der Waals surface area contributed by atoms with Gasteiger partial charge in [-0.25, -0.2) is 5.48 Å². The van der Waals surface area contributed by atoms with Gasteiger partial charge in [0.05, 0.1) is 12.8 Å². The summed E-state index contributed by atoms with van der Waals surface area (Å²) in [5.74, 6) is -1.80. The second-order valence-electron chi connectivity index (χ2n) is 8.40. The van der Waals surface area contributed by atoms with Gasteiger partial charge in [0.1, 0.15) is 6.04 Å². The van der Waals surface area contributed by atoms with E-state index < -0.39 is 23.8 Å². The highest BCUT2D eigenvalue weighted by atomic mass is 19.1. The largest absolute Gasteiger partial charge is 0.374 e. The predicted molar refractivity (Wildman–Crippen MR) is 113 cm³/mol. The lowest BCUT2D eigenvalue weighted by molar-refractivity contribution is -0.137. The van der Waals surface area contributed by atoms with Crippen molar-refractivity contribution in [3.05, 3.63) is 12.2 Å². The summed E-state index contributed by atoms with van der Waals surface area (Å²) in [6.07, 6.45) is 10.1. The van der Waals surface area contributed by atoms with Gasteiger partial charge in [-0.15, -0.1) is 0 Å². The van der Waals surface area contributed by atoms with E-state index in [9.17, 15) is 18.8 Å². The SMILES string of the molecule is O=C1C[C@@H](C(=O)NO)CCCOC2C=CC(CC2)C[C@@H](C(=O)NCCCCCCF)N1.